The molecule has 1 aliphatic heterocycles. The summed E-state index contributed by atoms with van der Waals surface area (Å²) >= 11 is 0. The Labute approximate surface area is 126 Å². The van der Waals surface area contributed by atoms with Crippen molar-refractivity contribution in [2.24, 2.45) is 11.3 Å². The predicted molar refractivity (Wildman–Crippen MR) is 82.3 cm³/mol. The topological polar surface area (TPSA) is 41.1 Å². The Kier molecular flexibility index (Phi) is 4.99. The molecule has 1 heterocycles. The summed E-state index contributed by atoms with van der Waals surface area (Å²) in [7, 11) is 0. The number of benzene rings is 1. The molecular formula is C17H25FN2O. The van der Waals surface area contributed by atoms with Gasteiger partial charge in [0.05, 0.1) is 6.04 Å². The average molecular weight is 292 g/mol. The molecule has 2 rings (SSSR count). The lowest BCUT2D eigenvalue weighted by molar-refractivity contribution is -0.133. The van der Waals surface area contributed by atoms with Crippen LogP contribution in [0.1, 0.15) is 45.2 Å². The second-order valence-corrected chi connectivity index (χ2v) is 6.52. The molecule has 4 heteroatoms. The molecule has 21 heavy (non-hydrogen) atoms. The van der Waals surface area contributed by atoms with E-state index in [9.17, 15) is 9.18 Å². The summed E-state index contributed by atoms with van der Waals surface area (Å²) in [5.41, 5.74) is 0.371. The van der Waals surface area contributed by atoms with E-state index in [1.807, 2.05) is 26.8 Å². The maximum Gasteiger partial charge on any atom is 0.226 e. The first-order chi connectivity index (χ1) is 9.91. The molecular weight excluding hydrogens is 267 g/mol. The van der Waals surface area contributed by atoms with Gasteiger partial charge >= 0.3 is 0 Å². The van der Waals surface area contributed by atoms with Gasteiger partial charge in [0.15, 0.2) is 0 Å². The van der Waals surface area contributed by atoms with Crippen molar-refractivity contribution < 1.29 is 9.18 Å². The SMILES string of the molecule is C[C@H](NC(=O)C(C)(C)C1CCCNC1)c1cccc(F)c1. The zero-order valence-electron chi connectivity index (χ0n) is 13.1. The predicted octanol–water partition coefficient (Wildman–Crippen LogP) is 3.03. The second kappa shape index (κ2) is 6.56. The smallest absolute Gasteiger partial charge is 0.226 e. The summed E-state index contributed by atoms with van der Waals surface area (Å²) in [6, 6.07) is 6.20. The summed E-state index contributed by atoms with van der Waals surface area (Å²) in [6.45, 7) is 7.81. The zero-order valence-corrected chi connectivity index (χ0v) is 13.1. The first-order valence-electron chi connectivity index (χ1n) is 7.68. The molecule has 0 saturated carbocycles. The van der Waals surface area contributed by atoms with Crippen molar-refractivity contribution in [1.82, 2.24) is 10.6 Å². The van der Waals surface area contributed by atoms with E-state index in [1.54, 1.807) is 6.07 Å². The van der Waals surface area contributed by atoms with Crippen LogP contribution < -0.4 is 10.6 Å². The third kappa shape index (κ3) is 3.82. The molecule has 1 saturated heterocycles. The van der Waals surface area contributed by atoms with E-state index in [4.69, 9.17) is 0 Å². The number of rotatable bonds is 4. The maximum absolute atomic E-state index is 13.3. The van der Waals surface area contributed by atoms with E-state index in [0.29, 0.717) is 5.92 Å². The standard InChI is InChI=1S/C17H25FN2O/c1-12(13-6-4-8-15(18)10-13)20-16(21)17(2,3)14-7-5-9-19-11-14/h4,6,8,10,12,14,19H,5,7,9,11H2,1-3H3,(H,20,21)/t12-,14?/m0/s1. The second-order valence-electron chi connectivity index (χ2n) is 6.52. The van der Waals surface area contributed by atoms with Crippen LogP contribution in [0.25, 0.3) is 0 Å². The van der Waals surface area contributed by atoms with Gasteiger partial charge in [-0.3, -0.25) is 4.79 Å². The molecule has 1 aromatic rings. The highest BCUT2D eigenvalue weighted by Gasteiger charge is 2.37. The third-order valence-electron chi connectivity index (χ3n) is 4.60. The molecule has 1 aromatic carbocycles. The van der Waals surface area contributed by atoms with Crippen LogP contribution >= 0.6 is 0 Å². The molecule has 1 amide bonds. The summed E-state index contributed by atoms with van der Waals surface area (Å²) in [4.78, 5) is 12.6. The molecule has 0 aliphatic carbocycles. The molecule has 0 radical (unpaired) electrons. The Morgan fingerprint density at radius 2 is 2.24 bits per heavy atom. The molecule has 1 aliphatic rings. The lowest BCUT2D eigenvalue weighted by Crippen LogP contribution is -2.47. The number of nitrogens with one attached hydrogen (secondary N) is 2. The third-order valence-corrected chi connectivity index (χ3v) is 4.60. The molecule has 0 aromatic heterocycles. The minimum atomic E-state index is -0.422. The van der Waals surface area contributed by atoms with Crippen LogP contribution in [-0.4, -0.2) is 19.0 Å². The van der Waals surface area contributed by atoms with Crippen molar-refractivity contribution in [3.05, 3.63) is 35.6 Å². The molecule has 1 unspecified atom stereocenters. The summed E-state index contributed by atoms with van der Waals surface area (Å²) < 4.78 is 13.3. The minimum Gasteiger partial charge on any atom is -0.349 e. The van der Waals surface area contributed by atoms with Gasteiger partial charge in [-0.05, 0) is 56.5 Å². The first kappa shape index (κ1) is 16.0. The zero-order chi connectivity index (χ0) is 15.5. The first-order valence-corrected chi connectivity index (χ1v) is 7.68. The Morgan fingerprint density at radius 3 is 2.86 bits per heavy atom. The number of carbonyl (C=O) groups excluding carboxylic acids is 1. The Balaban J connectivity index is 2.02. The molecule has 116 valence electrons. The quantitative estimate of drug-likeness (QED) is 0.895. The van der Waals surface area contributed by atoms with Crippen molar-refractivity contribution in [2.75, 3.05) is 13.1 Å². The van der Waals surface area contributed by atoms with Gasteiger partial charge in [0.25, 0.3) is 0 Å². The van der Waals surface area contributed by atoms with Crippen LogP contribution in [0.5, 0.6) is 0 Å². The van der Waals surface area contributed by atoms with Crippen molar-refractivity contribution in [2.45, 2.75) is 39.7 Å². The molecule has 0 spiro atoms. The molecule has 3 nitrogen and oxygen atoms in total. The van der Waals surface area contributed by atoms with Crippen molar-refractivity contribution in [3.8, 4) is 0 Å². The number of amides is 1. The van der Waals surface area contributed by atoms with Crippen LogP contribution in [0.15, 0.2) is 24.3 Å². The molecule has 2 N–H and O–H groups in total. The maximum atomic E-state index is 13.3. The highest BCUT2D eigenvalue weighted by atomic mass is 19.1. The fraction of sp³-hybridized carbons (Fsp3) is 0.588. The lowest BCUT2D eigenvalue weighted by atomic mass is 9.74. The normalized spacial score (nSPS) is 20.9. The molecule has 2 atom stereocenters. The summed E-state index contributed by atoms with van der Waals surface area (Å²) in [5.74, 6) is 0.100. The van der Waals surface area contributed by atoms with E-state index in [-0.39, 0.29) is 17.8 Å². The van der Waals surface area contributed by atoms with E-state index in [2.05, 4.69) is 10.6 Å². The number of halogens is 1. The Hall–Kier alpha value is -1.42. The fourth-order valence-electron chi connectivity index (χ4n) is 2.90. The Bertz CT molecular complexity index is 495. The molecule has 0 bridgehead atoms. The van der Waals surface area contributed by atoms with Gasteiger partial charge in [-0.1, -0.05) is 26.0 Å². The minimum absolute atomic E-state index is 0.0351. The van der Waals surface area contributed by atoms with Gasteiger partial charge in [0.2, 0.25) is 5.91 Å². The van der Waals surface area contributed by atoms with Gasteiger partial charge in [0.1, 0.15) is 5.82 Å². The van der Waals surface area contributed by atoms with Crippen LogP contribution in [0.2, 0.25) is 0 Å². The van der Waals surface area contributed by atoms with Gasteiger partial charge in [-0.15, -0.1) is 0 Å². The fourth-order valence-corrected chi connectivity index (χ4v) is 2.90. The highest BCUT2D eigenvalue weighted by molar-refractivity contribution is 5.82. The van der Waals surface area contributed by atoms with E-state index in [0.717, 1.165) is 31.5 Å². The van der Waals surface area contributed by atoms with Crippen LogP contribution in [0, 0.1) is 17.2 Å². The molecule has 1 fully saturated rings. The van der Waals surface area contributed by atoms with Crippen LogP contribution in [-0.2, 0) is 4.79 Å². The van der Waals surface area contributed by atoms with Crippen LogP contribution in [0.4, 0.5) is 4.39 Å². The number of hydrogen-bond acceptors (Lipinski definition) is 2. The van der Waals surface area contributed by atoms with E-state index in [1.165, 1.54) is 12.1 Å². The lowest BCUT2D eigenvalue weighted by Gasteiger charge is -2.36. The number of carbonyl (C=O) groups is 1. The number of piperidine rings is 1. The monoisotopic (exact) mass is 292 g/mol. The van der Waals surface area contributed by atoms with E-state index >= 15 is 0 Å². The van der Waals surface area contributed by atoms with E-state index < -0.39 is 5.41 Å². The largest absolute Gasteiger partial charge is 0.349 e. The van der Waals surface area contributed by atoms with Gasteiger partial charge in [0, 0.05) is 5.41 Å². The number of hydrogen-bond donors (Lipinski definition) is 2. The van der Waals surface area contributed by atoms with Gasteiger partial charge in [-0.2, -0.15) is 0 Å². The van der Waals surface area contributed by atoms with Crippen molar-refractivity contribution in [1.29, 1.82) is 0 Å². The van der Waals surface area contributed by atoms with Crippen LogP contribution in [0.3, 0.4) is 0 Å². The van der Waals surface area contributed by atoms with Crippen molar-refractivity contribution >= 4 is 5.91 Å². The Morgan fingerprint density at radius 1 is 1.48 bits per heavy atom. The summed E-state index contributed by atoms with van der Waals surface area (Å²) in [6.07, 6.45) is 2.18. The van der Waals surface area contributed by atoms with Crippen molar-refractivity contribution in [3.63, 3.8) is 0 Å². The van der Waals surface area contributed by atoms with Gasteiger partial charge in [-0.25, -0.2) is 4.39 Å². The summed E-state index contributed by atoms with van der Waals surface area (Å²) in [5, 5.41) is 6.39. The highest BCUT2D eigenvalue weighted by Crippen LogP contribution is 2.32. The average Bonchev–Trinajstić information content (AvgIpc) is 2.48. The van der Waals surface area contributed by atoms with Gasteiger partial charge < -0.3 is 10.6 Å².